The molecule has 0 bridgehead atoms. The Morgan fingerprint density at radius 2 is 1.43 bits per heavy atom. The van der Waals surface area contributed by atoms with Gasteiger partial charge in [0.05, 0.1) is 0 Å². The molecule has 0 spiro atoms. The molecule has 0 heterocycles. The van der Waals surface area contributed by atoms with Crippen LogP contribution in [-0.2, 0) is 4.43 Å². The molecular weight excluding hydrogens is 276 g/mol. The molecule has 0 aromatic rings. The number of hydrogen-bond donors (Lipinski definition) is 1. The second-order valence-corrected chi connectivity index (χ2v) is 12.7. The molecule has 1 N–H and O–H groups in total. The summed E-state index contributed by atoms with van der Waals surface area (Å²) in [6.45, 7) is 14.0. The lowest BCUT2D eigenvalue weighted by Crippen LogP contribution is -2.44. The van der Waals surface area contributed by atoms with Crippen molar-refractivity contribution < 1.29 is 9.53 Å². The molecule has 1 atom stereocenters. The minimum absolute atomic E-state index is 0.246. The second-order valence-electron chi connectivity index (χ2n) is 7.92. The van der Waals surface area contributed by atoms with E-state index in [0.29, 0.717) is 0 Å². The minimum atomic E-state index is -1.70. The highest BCUT2D eigenvalue weighted by molar-refractivity contribution is 6.74. The van der Waals surface area contributed by atoms with E-state index in [0.717, 1.165) is 12.8 Å². The Morgan fingerprint density at radius 1 is 0.905 bits per heavy atom. The number of rotatable bonds is 12. The Labute approximate surface area is 134 Å². The zero-order valence-electron chi connectivity index (χ0n) is 15.5. The van der Waals surface area contributed by atoms with Gasteiger partial charge in [-0.3, -0.25) is 0 Å². The second kappa shape index (κ2) is 10.8. The normalized spacial score (nSPS) is 14.4. The summed E-state index contributed by atoms with van der Waals surface area (Å²) < 4.78 is 6.47. The fraction of sp³-hybridized carbons (Fsp3) is 1.00. The van der Waals surface area contributed by atoms with E-state index in [9.17, 15) is 5.11 Å². The average Bonchev–Trinajstić information content (AvgIpc) is 2.36. The fourth-order valence-corrected chi connectivity index (χ4v) is 3.75. The lowest BCUT2D eigenvalue weighted by Gasteiger charge is -2.39. The summed E-state index contributed by atoms with van der Waals surface area (Å²) in [5, 5.41) is 9.52. The summed E-state index contributed by atoms with van der Waals surface area (Å²) in [4.78, 5) is 0. The molecule has 0 aromatic carbocycles. The van der Waals surface area contributed by atoms with Crippen molar-refractivity contribution >= 4 is 8.32 Å². The van der Waals surface area contributed by atoms with Crippen molar-refractivity contribution in [1.29, 1.82) is 0 Å². The Balaban J connectivity index is 4.03. The highest BCUT2D eigenvalue weighted by Crippen LogP contribution is 2.38. The lowest BCUT2D eigenvalue weighted by atomic mass is 10.1. The number of unbranched alkanes of at least 4 members (excludes halogenated alkanes) is 6. The molecule has 0 aliphatic heterocycles. The van der Waals surface area contributed by atoms with Gasteiger partial charge in [-0.1, -0.05) is 72.6 Å². The molecule has 128 valence electrons. The zero-order valence-corrected chi connectivity index (χ0v) is 16.5. The SMILES string of the molecule is CCCCCCCCC[C@@H](CCO)O[Si](C)(C)C(C)(C)C. The van der Waals surface area contributed by atoms with E-state index >= 15 is 0 Å². The lowest BCUT2D eigenvalue weighted by molar-refractivity contribution is 0.129. The highest BCUT2D eigenvalue weighted by Gasteiger charge is 2.38. The fourth-order valence-electron chi connectivity index (χ4n) is 2.33. The van der Waals surface area contributed by atoms with Crippen molar-refractivity contribution in [1.82, 2.24) is 0 Å². The van der Waals surface area contributed by atoms with Gasteiger partial charge < -0.3 is 9.53 Å². The summed E-state index contributed by atoms with van der Waals surface area (Å²) in [5.74, 6) is 0. The summed E-state index contributed by atoms with van der Waals surface area (Å²) in [6.07, 6.45) is 11.5. The van der Waals surface area contributed by atoms with Crippen LogP contribution in [0.1, 0.15) is 85.5 Å². The molecule has 0 aliphatic rings. The van der Waals surface area contributed by atoms with Crippen molar-refractivity contribution in [2.45, 2.75) is 110 Å². The molecule has 0 unspecified atom stereocenters. The van der Waals surface area contributed by atoms with Gasteiger partial charge in [-0.2, -0.15) is 0 Å². The van der Waals surface area contributed by atoms with Crippen LogP contribution in [0.4, 0.5) is 0 Å². The molecule has 0 aliphatic carbocycles. The predicted molar refractivity (Wildman–Crippen MR) is 96.4 cm³/mol. The molecule has 0 fully saturated rings. The first kappa shape index (κ1) is 21.1. The summed E-state index contributed by atoms with van der Waals surface area (Å²) in [7, 11) is -1.70. The van der Waals surface area contributed by atoms with Crippen molar-refractivity contribution in [3.05, 3.63) is 0 Å². The van der Waals surface area contributed by atoms with E-state index in [2.05, 4.69) is 40.8 Å². The van der Waals surface area contributed by atoms with Crippen LogP contribution < -0.4 is 0 Å². The minimum Gasteiger partial charge on any atom is -0.414 e. The zero-order chi connectivity index (χ0) is 16.4. The number of aliphatic hydroxyl groups excluding tert-OH is 1. The molecule has 3 heteroatoms. The van der Waals surface area contributed by atoms with E-state index in [1.165, 1.54) is 44.9 Å². The number of aliphatic hydroxyl groups is 1. The third-order valence-corrected chi connectivity index (χ3v) is 9.38. The van der Waals surface area contributed by atoms with Crippen LogP contribution in [0.15, 0.2) is 0 Å². The Kier molecular flexibility index (Phi) is 10.9. The van der Waals surface area contributed by atoms with Crippen LogP contribution in [-0.4, -0.2) is 26.1 Å². The van der Waals surface area contributed by atoms with Crippen LogP contribution in [0.3, 0.4) is 0 Å². The molecule has 2 nitrogen and oxygen atoms in total. The Bertz CT molecular complexity index is 246. The summed E-state index contributed by atoms with van der Waals surface area (Å²) in [5.41, 5.74) is 0. The third kappa shape index (κ3) is 9.70. The Hall–Kier alpha value is 0.137. The van der Waals surface area contributed by atoms with Crippen molar-refractivity contribution in [2.24, 2.45) is 0 Å². The molecule has 0 aromatic heterocycles. The molecule has 0 amide bonds. The van der Waals surface area contributed by atoms with Crippen LogP contribution in [0.5, 0.6) is 0 Å². The van der Waals surface area contributed by atoms with E-state index in [4.69, 9.17) is 4.43 Å². The van der Waals surface area contributed by atoms with Gasteiger partial charge in [-0.15, -0.1) is 0 Å². The van der Waals surface area contributed by atoms with Gasteiger partial charge in [0.2, 0.25) is 0 Å². The van der Waals surface area contributed by atoms with Gasteiger partial charge >= 0.3 is 0 Å². The molecule has 0 radical (unpaired) electrons. The van der Waals surface area contributed by atoms with Gasteiger partial charge in [0, 0.05) is 12.7 Å². The Morgan fingerprint density at radius 3 is 1.90 bits per heavy atom. The van der Waals surface area contributed by atoms with Crippen molar-refractivity contribution in [3.8, 4) is 0 Å². The van der Waals surface area contributed by atoms with E-state index in [-0.39, 0.29) is 17.7 Å². The van der Waals surface area contributed by atoms with E-state index < -0.39 is 8.32 Å². The van der Waals surface area contributed by atoms with Gasteiger partial charge in [-0.05, 0) is 31.0 Å². The molecule has 0 saturated carbocycles. The smallest absolute Gasteiger partial charge is 0.192 e. The third-order valence-electron chi connectivity index (χ3n) is 4.85. The summed E-state index contributed by atoms with van der Waals surface area (Å²) >= 11 is 0. The standard InChI is InChI=1S/C18H40O2Si/c1-7-8-9-10-11-12-13-14-17(15-16-19)20-21(5,6)18(2,3)4/h17,19H,7-16H2,1-6H3/t17-/m0/s1. The highest BCUT2D eigenvalue weighted by atomic mass is 28.4. The monoisotopic (exact) mass is 316 g/mol. The van der Waals surface area contributed by atoms with E-state index in [1.807, 2.05) is 0 Å². The van der Waals surface area contributed by atoms with Crippen molar-refractivity contribution in [2.75, 3.05) is 6.61 Å². The maximum absolute atomic E-state index is 9.27. The molecular formula is C18H40O2Si. The van der Waals surface area contributed by atoms with E-state index in [1.54, 1.807) is 0 Å². The van der Waals surface area contributed by atoms with Gasteiger partial charge in [-0.25, -0.2) is 0 Å². The molecule has 21 heavy (non-hydrogen) atoms. The van der Waals surface area contributed by atoms with Crippen molar-refractivity contribution in [3.63, 3.8) is 0 Å². The topological polar surface area (TPSA) is 29.5 Å². The van der Waals surface area contributed by atoms with Gasteiger partial charge in [0.15, 0.2) is 8.32 Å². The predicted octanol–water partition coefficient (Wildman–Crippen LogP) is 5.90. The van der Waals surface area contributed by atoms with Gasteiger partial charge in [0.25, 0.3) is 0 Å². The molecule has 0 saturated heterocycles. The van der Waals surface area contributed by atoms with Gasteiger partial charge in [0.1, 0.15) is 0 Å². The first-order valence-corrected chi connectivity index (χ1v) is 11.9. The summed E-state index contributed by atoms with van der Waals surface area (Å²) in [6, 6.07) is 0. The maximum Gasteiger partial charge on any atom is 0.192 e. The largest absolute Gasteiger partial charge is 0.414 e. The van der Waals surface area contributed by atoms with Crippen LogP contribution >= 0.6 is 0 Å². The van der Waals surface area contributed by atoms with Crippen LogP contribution in [0, 0.1) is 0 Å². The first-order valence-electron chi connectivity index (χ1n) is 9.03. The average molecular weight is 317 g/mol. The van der Waals surface area contributed by atoms with Crippen LogP contribution in [0.2, 0.25) is 18.1 Å². The number of hydrogen-bond acceptors (Lipinski definition) is 2. The van der Waals surface area contributed by atoms with Crippen LogP contribution in [0.25, 0.3) is 0 Å². The quantitative estimate of drug-likeness (QED) is 0.359. The maximum atomic E-state index is 9.27. The first-order chi connectivity index (χ1) is 9.74. The molecule has 0 rings (SSSR count).